The van der Waals surface area contributed by atoms with Gasteiger partial charge >= 0.3 is 18.0 Å². The van der Waals surface area contributed by atoms with Gasteiger partial charge in [-0.25, -0.2) is 9.59 Å². The number of carbonyl (C=O) groups excluding carboxylic acids is 2. The van der Waals surface area contributed by atoms with E-state index in [2.05, 4.69) is 10.1 Å². The number of nitrogens with one attached hydrogen (secondary N) is 1. The molecule has 2 atom stereocenters. The standard InChI is InChI=1S/C12H19N3O5/c1-4-15(7-8(2)6-13)12(19)14-9(11(17)18)5-10(16)20-3/h8-9H,4-5,7H2,1-3H3,(H,14,19)(H,17,18)/t8?,9-/m0/s1. The van der Waals surface area contributed by atoms with Gasteiger partial charge in [0.1, 0.15) is 6.04 Å². The fourth-order valence-corrected chi connectivity index (χ4v) is 1.42. The van der Waals surface area contributed by atoms with E-state index in [9.17, 15) is 14.4 Å². The average molecular weight is 285 g/mol. The molecule has 112 valence electrons. The van der Waals surface area contributed by atoms with Crippen molar-refractivity contribution in [3.63, 3.8) is 0 Å². The maximum atomic E-state index is 11.9. The smallest absolute Gasteiger partial charge is 0.326 e. The molecule has 8 heteroatoms. The summed E-state index contributed by atoms with van der Waals surface area (Å²) in [4.78, 5) is 35.3. The van der Waals surface area contributed by atoms with Crippen LogP contribution in [-0.2, 0) is 14.3 Å². The summed E-state index contributed by atoms with van der Waals surface area (Å²) in [5, 5.41) is 19.9. The monoisotopic (exact) mass is 285 g/mol. The van der Waals surface area contributed by atoms with Crippen molar-refractivity contribution >= 4 is 18.0 Å². The zero-order valence-corrected chi connectivity index (χ0v) is 11.8. The van der Waals surface area contributed by atoms with Gasteiger partial charge in [-0.2, -0.15) is 5.26 Å². The molecule has 0 saturated heterocycles. The Labute approximate surface area is 117 Å². The molecular weight excluding hydrogens is 266 g/mol. The lowest BCUT2D eigenvalue weighted by Crippen LogP contribution is -2.49. The number of carboxylic acid groups (broad SMARTS) is 1. The third-order valence-electron chi connectivity index (χ3n) is 2.58. The van der Waals surface area contributed by atoms with Crippen LogP contribution in [0.4, 0.5) is 4.79 Å². The van der Waals surface area contributed by atoms with Gasteiger partial charge < -0.3 is 20.1 Å². The van der Waals surface area contributed by atoms with Crippen LogP contribution in [0.2, 0.25) is 0 Å². The van der Waals surface area contributed by atoms with Crippen LogP contribution in [0.15, 0.2) is 0 Å². The number of esters is 1. The van der Waals surface area contributed by atoms with Crippen molar-refractivity contribution < 1.29 is 24.2 Å². The maximum absolute atomic E-state index is 11.9. The molecule has 0 fully saturated rings. The van der Waals surface area contributed by atoms with Gasteiger partial charge in [0.05, 0.1) is 25.5 Å². The molecule has 0 spiro atoms. The normalized spacial score (nSPS) is 12.7. The van der Waals surface area contributed by atoms with Gasteiger partial charge in [0, 0.05) is 13.1 Å². The van der Waals surface area contributed by atoms with Crippen LogP contribution >= 0.6 is 0 Å². The van der Waals surface area contributed by atoms with Crippen molar-refractivity contribution in [2.45, 2.75) is 26.3 Å². The number of amides is 2. The number of nitriles is 1. The van der Waals surface area contributed by atoms with Crippen LogP contribution in [0.3, 0.4) is 0 Å². The highest BCUT2D eigenvalue weighted by molar-refractivity contribution is 5.86. The molecule has 0 bridgehead atoms. The summed E-state index contributed by atoms with van der Waals surface area (Å²) in [6.45, 7) is 3.87. The number of hydrogen-bond acceptors (Lipinski definition) is 5. The van der Waals surface area contributed by atoms with E-state index < -0.39 is 30.4 Å². The van der Waals surface area contributed by atoms with Crippen molar-refractivity contribution in [3.8, 4) is 6.07 Å². The number of rotatable bonds is 7. The number of carbonyl (C=O) groups is 3. The summed E-state index contributed by atoms with van der Waals surface area (Å²) in [6.07, 6.45) is -0.455. The third kappa shape index (κ3) is 6.04. The first-order chi connectivity index (χ1) is 9.35. The maximum Gasteiger partial charge on any atom is 0.326 e. The van der Waals surface area contributed by atoms with Crippen molar-refractivity contribution in [2.24, 2.45) is 5.92 Å². The quantitative estimate of drug-likeness (QED) is 0.644. The zero-order valence-electron chi connectivity index (χ0n) is 11.8. The highest BCUT2D eigenvalue weighted by atomic mass is 16.5. The Bertz CT molecular complexity index is 404. The largest absolute Gasteiger partial charge is 0.480 e. The molecule has 0 aromatic heterocycles. The molecule has 0 heterocycles. The van der Waals surface area contributed by atoms with Gasteiger partial charge in [-0.3, -0.25) is 4.79 Å². The van der Waals surface area contributed by atoms with Gasteiger partial charge in [-0.1, -0.05) is 0 Å². The Morgan fingerprint density at radius 1 is 1.45 bits per heavy atom. The molecule has 2 amide bonds. The van der Waals surface area contributed by atoms with Crippen LogP contribution in [-0.4, -0.2) is 54.2 Å². The minimum Gasteiger partial charge on any atom is -0.480 e. The van der Waals surface area contributed by atoms with Crippen molar-refractivity contribution in [1.29, 1.82) is 5.26 Å². The first-order valence-electron chi connectivity index (χ1n) is 6.10. The van der Waals surface area contributed by atoms with Crippen LogP contribution in [0, 0.1) is 17.2 Å². The minimum atomic E-state index is -1.36. The number of hydrogen-bond donors (Lipinski definition) is 2. The Morgan fingerprint density at radius 2 is 2.05 bits per heavy atom. The van der Waals surface area contributed by atoms with Crippen LogP contribution in [0.1, 0.15) is 20.3 Å². The van der Waals surface area contributed by atoms with E-state index in [1.165, 1.54) is 4.90 Å². The molecule has 0 aliphatic rings. The molecule has 0 radical (unpaired) electrons. The van der Waals surface area contributed by atoms with Crippen LogP contribution in [0.5, 0.6) is 0 Å². The molecule has 1 unspecified atom stereocenters. The molecule has 0 aromatic carbocycles. The van der Waals surface area contributed by atoms with Gasteiger partial charge in [0.25, 0.3) is 0 Å². The van der Waals surface area contributed by atoms with E-state index in [-0.39, 0.29) is 12.5 Å². The molecule has 0 saturated carbocycles. The predicted molar refractivity (Wildman–Crippen MR) is 68.6 cm³/mol. The third-order valence-corrected chi connectivity index (χ3v) is 2.58. The van der Waals surface area contributed by atoms with Crippen molar-refractivity contribution in [1.82, 2.24) is 10.2 Å². The average Bonchev–Trinajstić information content (AvgIpc) is 2.42. The Balaban J connectivity index is 4.68. The molecule has 0 aliphatic heterocycles. The summed E-state index contributed by atoms with van der Waals surface area (Å²) in [6, 6.07) is -0.00333. The van der Waals surface area contributed by atoms with Crippen molar-refractivity contribution in [3.05, 3.63) is 0 Å². The molecule has 2 N–H and O–H groups in total. The number of urea groups is 1. The van der Waals surface area contributed by atoms with E-state index in [0.29, 0.717) is 6.54 Å². The summed E-state index contributed by atoms with van der Waals surface area (Å²) in [7, 11) is 1.13. The molecule has 8 nitrogen and oxygen atoms in total. The molecule has 0 rings (SSSR count). The number of aliphatic carboxylic acids is 1. The predicted octanol–water partition coefficient (Wildman–Crippen LogP) is 0.194. The molecule has 0 aromatic rings. The lowest BCUT2D eigenvalue weighted by atomic mass is 10.2. The van der Waals surface area contributed by atoms with Crippen molar-refractivity contribution in [2.75, 3.05) is 20.2 Å². The fourth-order valence-electron chi connectivity index (χ4n) is 1.42. The van der Waals surface area contributed by atoms with E-state index in [4.69, 9.17) is 10.4 Å². The molecular formula is C12H19N3O5. The first-order valence-corrected chi connectivity index (χ1v) is 6.10. The summed E-state index contributed by atoms with van der Waals surface area (Å²) in [5.41, 5.74) is 0. The van der Waals surface area contributed by atoms with Gasteiger partial charge in [-0.15, -0.1) is 0 Å². The highest BCUT2D eigenvalue weighted by Gasteiger charge is 2.26. The lowest BCUT2D eigenvalue weighted by Gasteiger charge is -2.24. The van der Waals surface area contributed by atoms with E-state index in [0.717, 1.165) is 7.11 Å². The summed E-state index contributed by atoms with van der Waals surface area (Å²) >= 11 is 0. The van der Waals surface area contributed by atoms with Gasteiger partial charge in [0.2, 0.25) is 0 Å². The summed E-state index contributed by atoms with van der Waals surface area (Å²) in [5.74, 6) is -2.43. The number of ether oxygens (including phenoxy) is 1. The van der Waals surface area contributed by atoms with Crippen LogP contribution < -0.4 is 5.32 Å². The number of methoxy groups -OCH3 is 1. The summed E-state index contributed by atoms with van der Waals surface area (Å²) < 4.78 is 4.37. The topological polar surface area (TPSA) is 120 Å². The number of nitrogens with zero attached hydrogens (tertiary/aromatic N) is 2. The van der Waals surface area contributed by atoms with Gasteiger partial charge in [0.15, 0.2) is 0 Å². The Kier molecular flexibility index (Phi) is 7.74. The van der Waals surface area contributed by atoms with E-state index in [1.807, 2.05) is 6.07 Å². The van der Waals surface area contributed by atoms with E-state index >= 15 is 0 Å². The lowest BCUT2D eigenvalue weighted by molar-refractivity contribution is -0.147. The Morgan fingerprint density at radius 3 is 2.45 bits per heavy atom. The zero-order chi connectivity index (χ0) is 15.7. The van der Waals surface area contributed by atoms with E-state index in [1.54, 1.807) is 13.8 Å². The minimum absolute atomic E-state index is 0.184. The number of carboxylic acids is 1. The second kappa shape index (κ2) is 8.74. The second-order valence-corrected chi connectivity index (χ2v) is 4.19. The molecule has 0 aliphatic carbocycles. The molecule has 20 heavy (non-hydrogen) atoms. The fraction of sp³-hybridized carbons (Fsp3) is 0.667. The highest BCUT2D eigenvalue weighted by Crippen LogP contribution is 2.02. The second-order valence-electron chi connectivity index (χ2n) is 4.19. The van der Waals surface area contributed by atoms with Gasteiger partial charge in [-0.05, 0) is 13.8 Å². The first kappa shape index (κ1) is 17.7. The Hall–Kier alpha value is -2.30. The van der Waals surface area contributed by atoms with Crippen LogP contribution in [0.25, 0.3) is 0 Å². The SMILES string of the molecule is CCN(CC(C)C#N)C(=O)N[C@@H](CC(=O)OC)C(=O)O.